The molecule has 0 unspecified atom stereocenters. The van der Waals surface area contributed by atoms with Crippen molar-refractivity contribution in [3.8, 4) is 10.6 Å². The van der Waals surface area contributed by atoms with E-state index >= 15 is 0 Å². The number of hydrogen-bond acceptors (Lipinski definition) is 4. The maximum Gasteiger partial charge on any atom is 0.325 e. The third-order valence-electron chi connectivity index (χ3n) is 2.80. The van der Waals surface area contributed by atoms with Gasteiger partial charge < -0.3 is 5.32 Å². The van der Waals surface area contributed by atoms with Crippen LogP contribution >= 0.6 is 38.9 Å². The zero-order valence-corrected chi connectivity index (χ0v) is 14.7. The Morgan fingerprint density at radius 2 is 1.91 bits per heavy atom. The Morgan fingerprint density at radius 3 is 2.70 bits per heavy atom. The number of nitrogens with one attached hydrogen (secondary N) is 2. The molecule has 0 aliphatic heterocycles. The monoisotopic (exact) mass is 408 g/mol. The van der Waals surface area contributed by atoms with Gasteiger partial charge in [-0.2, -0.15) is 0 Å². The second-order valence-corrected chi connectivity index (χ2v) is 6.84. The fourth-order valence-electron chi connectivity index (χ4n) is 1.84. The molecular weight excluding hydrogens is 400 g/mol. The van der Waals surface area contributed by atoms with Gasteiger partial charge in [-0.3, -0.25) is 5.32 Å². The van der Waals surface area contributed by atoms with Crippen molar-refractivity contribution in [1.29, 1.82) is 0 Å². The van der Waals surface area contributed by atoms with Gasteiger partial charge in [-0.25, -0.2) is 4.79 Å². The minimum atomic E-state index is -0.399. The summed E-state index contributed by atoms with van der Waals surface area (Å²) < 4.78 is 0.957. The van der Waals surface area contributed by atoms with Crippen molar-refractivity contribution >= 4 is 55.7 Å². The van der Waals surface area contributed by atoms with Gasteiger partial charge in [-0.15, -0.1) is 10.2 Å². The molecule has 1 heterocycles. The molecule has 0 radical (unpaired) electrons. The molecule has 0 saturated heterocycles. The number of urea groups is 1. The third-order valence-corrected chi connectivity index (χ3v) is 4.42. The summed E-state index contributed by atoms with van der Waals surface area (Å²) in [4.78, 5) is 12.0. The first-order chi connectivity index (χ1) is 11.1. The Bertz CT molecular complexity index is 855. The number of rotatable bonds is 3. The summed E-state index contributed by atoms with van der Waals surface area (Å²) >= 11 is 10.6. The van der Waals surface area contributed by atoms with Crippen molar-refractivity contribution in [3.63, 3.8) is 0 Å². The van der Waals surface area contributed by atoms with Crippen LogP contribution in [0, 0.1) is 0 Å². The summed E-state index contributed by atoms with van der Waals surface area (Å²) in [5.74, 6) is 0. The minimum Gasteiger partial charge on any atom is -0.308 e. The van der Waals surface area contributed by atoms with E-state index in [-0.39, 0.29) is 0 Å². The Kier molecular flexibility index (Phi) is 4.90. The molecule has 0 aliphatic rings. The predicted octanol–water partition coefficient (Wildman–Crippen LogP) is 5.27. The summed E-state index contributed by atoms with van der Waals surface area (Å²) in [5, 5.41) is 15.1. The molecule has 1 aromatic heterocycles. The first-order valence-corrected chi connectivity index (χ1v) is 8.52. The quantitative estimate of drug-likeness (QED) is 0.619. The number of hydrogen-bond donors (Lipinski definition) is 2. The molecule has 8 heteroatoms. The van der Waals surface area contributed by atoms with Crippen LogP contribution in [-0.2, 0) is 0 Å². The van der Waals surface area contributed by atoms with Crippen LogP contribution in [0.3, 0.4) is 0 Å². The van der Waals surface area contributed by atoms with Crippen molar-refractivity contribution in [2.45, 2.75) is 0 Å². The van der Waals surface area contributed by atoms with Gasteiger partial charge in [0, 0.05) is 20.7 Å². The van der Waals surface area contributed by atoms with Gasteiger partial charge in [0.05, 0.1) is 0 Å². The number of anilines is 2. The number of benzene rings is 2. The van der Waals surface area contributed by atoms with Gasteiger partial charge in [0.25, 0.3) is 0 Å². The van der Waals surface area contributed by atoms with Gasteiger partial charge in [-0.1, -0.05) is 57.1 Å². The van der Waals surface area contributed by atoms with Crippen LogP contribution in [0.2, 0.25) is 5.02 Å². The van der Waals surface area contributed by atoms with Crippen LogP contribution < -0.4 is 10.6 Å². The zero-order chi connectivity index (χ0) is 16.2. The summed E-state index contributed by atoms with van der Waals surface area (Å²) in [5.41, 5.74) is 1.53. The number of carbonyl (C=O) groups excluding carboxylic acids is 1. The molecule has 23 heavy (non-hydrogen) atoms. The van der Waals surface area contributed by atoms with Gasteiger partial charge >= 0.3 is 6.03 Å². The predicted molar refractivity (Wildman–Crippen MR) is 97.1 cm³/mol. The van der Waals surface area contributed by atoms with Crippen molar-refractivity contribution < 1.29 is 4.79 Å². The van der Waals surface area contributed by atoms with Gasteiger partial charge in [0.2, 0.25) is 5.13 Å². The van der Waals surface area contributed by atoms with Crippen molar-refractivity contribution in [2.24, 2.45) is 0 Å². The number of amides is 2. The average Bonchev–Trinajstić information content (AvgIpc) is 2.95. The fourth-order valence-corrected chi connectivity index (χ4v) is 3.16. The molecule has 5 nitrogen and oxygen atoms in total. The standard InChI is InChI=1S/C15H10BrClN4OS/c16-10-4-1-3-9(7-10)13-20-21-15(23-13)19-14(22)18-12-6-2-5-11(17)8-12/h1-8H,(H2,18,19,21,22). The molecule has 2 N–H and O–H groups in total. The number of halogens is 2. The van der Waals surface area contributed by atoms with E-state index in [0.29, 0.717) is 15.8 Å². The van der Waals surface area contributed by atoms with Gasteiger partial charge in [0.15, 0.2) is 0 Å². The highest BCUT2D eigenvalue weighted by atomic mass is 79.9. The van der Waals surface area contributed by atoms with E-state index in [9.17, 15) is 4.79 Å². The minimum absolute atomic E-state index is 0.399. The number of aromatic nitrogens is 2. The molecule has 0 aliphatic carbocycles. The third kappa shape index (κ3) is 4.28. The molecule has 0 saturated carbocycles. The number of carbonyl (C=O) groups is 1. The lowest BCUT2D eigenvalue weighted by atomic mass is 10.2. The van der Waals surface area contributed by atoms with Crippen LogP contribution in [-0.4, -0.2) is 16.2 Å². The molecule has 2 amide bonds. The second-order valence-electron chi connectivity index (χ2n) is 4.51. The molecular formula is C15H10BrClN4OS. The summed E-state index contributed by atoms with van der Waals surface area (Å²) in [6.07, 6.45) is 0. The molecule has 0 atom stereocenters. The maximum atomic E-state index is 12.0. The first kappa shape index (κ1) is 15.9. The topological polar surface area (TPSA) is 66.9 Å². The Hall–Kier alpha value is -1.96. The maximum absolute atomic E-state index is 12.0. The molecule has 0 bridgehead atoms. The van der Waals surface area contributed by atoms with Crippen molar-refractivity contribution in [2.75, 3.05) is 10.6 Å². The smallest absolute Gasteiger partial charge is 0.308 e. The Morgan fingerprint density at radius 1 is 1.09 bits per heavy atom. The lowest BCUT2D eigenvalue weighted by Gasteiger charge is -2.04. The highest BCUT2D eigenvalue weighted by molar-refractivity contribution is 9.10. The first-order valence-electron chi connectivity index (χ1n) is 6.53. The molecule has 116 valence electrons. The molecule has 3 aromatic rings. The van der Waals surface area contributed by atoms with Crippen LogP contribution in [0.4, 0.5) is 15.6 Å². The molecule has 2 aromatic carbocycles. The van der Waals surface area contributed by atoms with E-state index in [0.717, 1.165) is 15.0 Å². The zero-order valence-electron chi connectivity index (χ0n) is 11.6. The van der Waals surface area contributed by atoms with Crippen molar-refractivity contribution in [3.05, 3.63) is 58.0 Å². The van der Waals surface area contributed by atoms with E-state index in [4.69, 9.17) is 11.6 Å². The Labute approximate surface area is 149 Å². The summed E-state index contributed by atoms with van der Waals surface area (Å²) in [7, 11) is 0. The van der Waals surface area contributed by atoms with Crippen LogP contribution in [0.5, 0.6) is 0 Å². The van der Waals surface area contributed by atoms with E-state index in [1.54, 1.807) is 24.3 Å². The lowest BCUT2D eigenvalue weighted by molar-refractivity contribution is 0.262. The number of nitrogens with zero attached hydrogens (tertiary/aromatic N) is 2. The average molecular weight is 410 g/mol. The SMILES string of the molecule is O=C(Nc1cccc(Cl)c1)Nc1nnc(-c2cccc(Br)c2)s1. The van der Waals surface area contributed by atoms with Crippen LogP contribution in [0.1, 0.15) is 0 Å². The lowest BCUT2D eigenvalue weighted by Crippen LogP contribution is -2.19. The second kappa shape index (κ2) is 7.08. The Balaban J connectivity index is 1.68. The summed E-state index contributed by atoms with van der Waals surface area (Å²) in [6.45, 7) is 0. The van der Waals surface area contributed by atoms with Gasteiger partial charge in [-0.05, 0) is 30.3 Å². The molecule has 0 fully saturated rings. The fraction of sp³-hybridized carbons (Fsp3) is 0. The van der Waals surface area contributed by atoms with E-state index in [1.165, 1.54) is 11.3 Å². The van der Waals surface area contributed by atoms with Crippen LogP contribution in [0.25, 0.3) is 10.6 Å². The molecule has 3 rings (SSSR count). The summed E-state index contributed by atoms with van der Waals surface area (Å²) in [6, 6.07) is 14.2. The van der Waals surface area contributed by atoms with E-state index < -0.39 is 6.03 Å². The van der Waals surface area contributed by atoms with Crippen molar-refractivity contribution in [1.82, 2.24) is 10.2 Å². The van der Waals surface area contributed by atoms with Crippen LogP contribution in [0.15, 0.2) is 53.0 Å². The highest BCUT2D eigenvalue weighted by Crippen LogP contribution is 2.28. The largest absolute Gasteiger partial charge is 0.325 e. The van der Waals surface area contributed by atoms with E-state index in [1.807, 2.05) is 24.3 Å². The highest BCUT2D eigenvalue weighted by Gasteiger charge is 2.10. The van der Waals surface area contributed by atoms with Gasteiger partial charge in [0.1, 0.15) is 5.01 Å². The molecule has 0 spiro atoms. The normalized spacial score (nSPS) is 10.3. The van der Waals surface area contributed by atoms with E-state index in [2.05, 4.69) is 36.8 Å².